The standard InChI is InChI=1S/C14H21BrN2O2/c1-9(2)12(6-7-18)16-14(19)17-13-5-4-10(3)8-11(13)15/h4-5,8-9,12,18H,6-7H2,1-3H3,(H2,16,17,19). The molecule has 1 atom stereocenters. The van der Waals surface area contributed by atoms with Crippen LogP contribution >= 0.6 is 15.9 Å². The minimum Gasteiger partial charge on any atom is -0.396 e. The summed E-state index contributed by atoms with van der Waals surface area (Å²) in [4.78, 5) is 11.9. The largest absolute Gasteiger partial charge is 0.396 e. The SMILES string of the molecule is Cc1ccc(NC(=O)NC(CCO)C(C)C)c(Br)c1. The summed E-state index contributed by atoms with van der Waals surface area (Å²) in [6, 6.07) is 5.46. The number of rotatable bonds is 5. The summed E-state index contributed by atoms with van der Waals surface area (Å²) in [5, 5.41) is 14.7. The van der Waals surface area contributed by atoms with Crippen LogP contribution in [0.25, 0.3) is 0 Å². The quantitative estimate of drug-likeness (QED) is 0.776. The number of aryl methyl sites for hydroxylation is 1. The van der Waals surface area contributed by atoms with E-state index in [1.165, 1.54) is 0 Å². The molecule has 1 unspecified atom stereocenters. The minimum atomic E-state index is -0.253. The molecular formula is C14H21BrN2O2. The first-order valence-corrected chi connectivity index (χ1v) is 7.18. The zero-order chi connectivity index (χ0) is 14.4. The molecule has 0 radical (unpaired) electrons. The lowest BCUT2D eigenvalue weighted by molar-refractivity contribution is 0.227. The number of benzene rings is 1. The number of halogens is 1. The van der Waals surface area contributed by atoms with Crippen LogP contribution in [0, 0.1) is 12.8 Å². The fourth-order valence-corrected chi connectivity index (χ4v) is 2.35. The van der Waals surface area contributed by atoms with Gasteiger partial charge in [0.2, 0.25) is 0 Å². The smallest absolute Gasteiger partial charge is 0.319 e. The van der Waals surface area contributed by atoms with Crippen LogP contribution < -0.4 is 10.6 Å². The van der Waals surface area contributed by atoms with E-state index in [-0.39, 0.29) is 24.6 Å². The molecule has 106 valence electrons. The van der Waals surface area contributed by atoms with Crippen molar-refractivity contribution in [2.75, 3.05) is 11.9 Å². The molecule has 1 aromatic carbocycles. The zero-order valence-corrected chi connectivity index (χ0v) is 13.1. The van der Waals surface area contributed by atoms with Crippen LogP contribution in [0.2, 0.25) is 0 Å². The predicted octanol–water partition coefficient (Wildman–Crippen LogP) is 3.29. The lowest BCUT2D eigenvalue weighted by Crippen LogP contribution is -2.41. The Morgan fingerprint density at radius 2 is 2.11 bits per heavy atom. The molecule has 0 aliphatic carbocycles. The molecule has 4 nitrogen and oxygen atoms in total. The molecule has 0 aliphatic heterocycles. The molecule has 3 N–H and O–H groups in total. The van der Waals surface area contributed by atoms with Crippen molar-refractivity contribution in [1.82, 2.24) is 5.32 Å². The average molecular weight is 329 g/mol. The maximum atomic E-state index is 11.9. The molecule has 0 saturated heterocycles. The Hall–Kier alpha value is -1.07. The summed E-state index contributed by atoms with van der Waals surface area (Å²) < 4.78 is 0.853. The number of carbonyl (C=O) groups excluding carboxylic acids is 1. The van der Waals surface area contributed by atoms with Gasteiger partial charge in [-0.3, -0.25) is 0 Å². The second kappa shape index (κ2) is 7.50. The summed E-state index contributed by atoms with van der Waals surface area (Å²) in [6.45, 7) is 6.09. The van der Waals surface area contributed by atoms with Gasteiger partial charge in [0.25, 0.3) is 0 Å². The van der Waals surface area contributed by atoms with Crippen molar-refractivity contribution in [3.8, 4) is 0 Å². The van der Waals surface area contributed by atoms with Gasteiger partial charge in [-0.05, 0) is 52.9 Å². The molecule has 19 heavy (non-hydrogen) atoms. The predicted molar refractivity (Wildman–Crippen MR) is 81.4 cm³/mol. The van der Waals surface area contributed by atoms with Crippen LogP contribution in [-0.2, 0) is 0 Å². The van der Waals surface area contributed by atoms with Crippen LogP contribution in [0.4, 0.5) is 10.5 Å². The molecule has 0 saturated carbocycles. The number of urea groups is 1. The van der Waals surface area contributed by atoms with Gasteiger partial charge in [-0.2, -0.15) is 0 Å². The van der Waals surface area contributed by atoms with E-state index in [0.717, 1.165) is 15.7 Å². The summed E-state index contributed by atoms with van der Waals surface area (Å²) in [5.74, 6) is 0.277. The Labute approximate surface area is 122 Å². The number of amides is 2. The third kappa shape index (κ3) is 5.20. The van der Waals surface area contributed by atoms with E-state index in [4.69, 9.17) is 5.11 Å². The van der Waals surface area contributed by atoms with E-state index in [1.807, 2.05) is 39.0 Å². The highest BCUT2D eigenvalue weighted by Gasteiger charge is 2.16. The first-order chi connectivity index (χ1) is 8.93. The Balaban J connectivity index is 2.63. The minimum absolute atomic E-state index is 0.0331. The number of anilines is 1. The molecule has 2 amide bonds. The monoisotopic (exact) mass is 328 g/mol. The van der Waals surface area contributed by atoms with E-state index < -0.39 is 0 Å². The first-order valence-electron chi connectivity index (χ1n) is 6.38. The van der Waals surface area contributed by atoms with Crippen LogP contribution in [0.3, 0.4) is 0 Å². The molecule has 0 heterocycles. The second-order valence-corrected chi connectivity index (χ2v) is 5.80. The molecule has 0 fully saturated rings. The van der Waals surface area contributed by atoms with E-state index in [1.54, 1.807) is 0 Å². The molecule has 5 heteroatoms. The highest BCUT2D eigenvalue weighted by molar-refractivity contribution is 9.10. The number of carbonyl (C=O) groups is 1. The number of nitrogens with one attached hydrogen (secondary N) is 2. The fourth-order valence-electron chi connectivity index (χ4n) is 1.76. The van der Waals surface area contributed by atoms with Gasteiger partial charge in [-0.15, -0.1) is 0 Å². The van der Waals surface area contributed by atoms with E-state index >= 15 is 0 Å². The van der Waals surface area contributed by atoms with Crippen LogP contribution in [0.15, 0.2) is 22.7 Å². The molecular weight excluding hydrogens is 308 g/mol. The number of aliphatic hydroxyl groups is 1. The van der Waals surface area contributed by atoms with Gasteiger partial charge in [0, 0.05) is 17.1 Å². The van der Waals surface area contributed by atoms with Gasteiger partial charge in [0.1, 0.15) is 0 Å². The molecule has 1 aromatic rings. The highest BCUT2D eigenvalue weighted by Crippen LogP contribution is 2.23. The molecule has 0 aliphatic rings. The number of hydrogen-bond acceptors (Lipinski definition) is 2. The Bertz CT molecular complexity index is 435. The summed E-state index contributed by atoms with van der Waals surface area (Å²) in [6.07, 6.45) is 0.556. The van der Waals surface area contributed by atoms with Gasteiger partial charge in [0.05, 0.1) is 5.69 Å². The van der Waals surface area contributed by atoms with Crippen molar-refractivity contribution >= 4 is 27.6 Å². The second-order valence-electron chi connectivity index (χ2n) is 4.94. The number of aliphatic hydroxyl groups excluding tert-OH is 1. The van der Waals surface area contributed by atoms with Crippen molar-refractivity contribution in [2.24, 2.45) is 5.92 Å². The molecule has 0 bridgehead atoms. The average Bonchev–Trinajstić information content (AvgIpc) is 2.32. The van der Waals surface area contributed by atoms with E-state index in [2.05, 4.69) is 26.6 Å². The molecule has 1 rings (SSSR count). The molecule has 0 aromatic heterocycles. The van der Waals surface area contributed by atoms with Crippen LogP contribution in [-0.4, -0.2) is 23.8 Å². The maximum Gasteiger partial charge on any atom is 0.319 e. The summed E-state index contributed by atoms with van der Waals surface area (Å²) >= 11 is 3.42. The Morgan fingerprint density at radius 3 is 2.63 bits per heavy atom. The maximum absolute atomic E-state index is 11.9. The van der Waals surface area contributed by atoms with Crippen molar-refractivity contribution in [2.45, 2.75) is 33.2 Å². The number of hydrogen-bond donors (Lipinski definition) is 3. The summed E-state index contributed by atoms with van der Waals surface area (Å²) in [5.41, 5.74) is 1.85. The third-order valence-corrected chi connectivity index (χ3v) is 3.59. The van der Waals surface area contributed by atoms with Gasteiger partial charge >= 0.3 is 6.03 Å². The normalized spacial score (nSPS) is 12.3. The van der Waals surface area contributed by atoms with Gasteiger partial charge in [-0.1, -0.05) is 19.9 Å². The Morgan fingerprint density at radius 1 is 1.42 bits per heavy atom. The first kappa shape index (κ1) is 16.0. The molecule has 0 spiro atoms. The van der Waals surface area contributed by atoms with Crippen LogP contribution in [0.1, 0.15) is 25.8 Å². The van der Waals surface area contributed by atoms with Gasteiger partial charge in [-0.25, -0.2) is 4.79 Å². The lowest BCUT2D eigenvalue weighted by atomic mass is 10.0. The lowest BCUT2D eigenvalue weighted by Gasteiger charge is -2.22. The third-order valence-electron chi connectivity index (χ3n) is 2.93. The topological polar surface area (TPSA) is 61.4 Å². The van der Waals surface area contributed by atoms with Crippen molar-refractivity contribution in [3.05, 3.63) is 28.2 Å². The fraction of sp³-hybridized carbons (Fsp3) is 0.500. The van der Waals surface area contributed by atoms with Gasteiger partial charge in [0.15, 0.2) is 0 Å². The van der Waals surface area contributed by atoms with Gasteiger partial charge < -0.3 is 15.7 Å². The van der Waals surface area contributed by atoms with Crippen molar-refractivity contribution < 1.29 is 9.90 Å². The van der Waals surface area contributed by atoms with Crippen LogP contribution in [0.5, 0.6) is 0 Å². The van der Waals surface area contributed by atoms with E-state index in [9.17, 15) is 4.79 Å². The van der Waals surface area contributed by atoms with Crippen molar-refractivity contribution in [3.63, 3.8) is 0 Å². The highest BCUT2D eigenvalue weighted by atomic mass is 79.9. The Kier molecular flexibility index (Phi) is 6.31. The van der Waals surface area contributed by atoms with Crippen molar-refractivity contribution in [1.29, 1.82) is 0 Å². The zero-order valence-electron chi connectivity index (χ0n) is 11.5. The summed E-state index contributed by atoms with van der Waals surface area (Å²) in [7, 11) is 0. The van der Waals surface area contributed by atoms with E-state index in [0.29, 0.717) is 6.42 Å².